The molecule has 3 nitrogen and oxygen atoms in total. The Balaban J connectivity index is 1.54. The van der Waals surface area contributed by atoms with E-state index in [0.29, 0.717) is 10.8 Å². The largest absolute Gasteiger partial charge is 0.381 e. The maximum Gasteiger partial charge on any atom is 0.0546 e. The summed E-state index contributed by atoms with van der Waals surface area (Å²) in [5.41, 5.74) is 0.932. The summed E-state index contributed by atoms with van der Waals surface area (Å²) in [5, 5.41) is 3.77. The molecule has 0 spiro atoms. The molecular weight excluding hydrogens is 248 g/mol. The molecule has 3 heteroatoms. The van der Waals surface area contributed by atoms with E-state index in [-0.39, 0.29) is 0 Å². The lowest BCUT2D eigenvalue weighted by Crippen LogP contribution is -2.51. The number of hydrogen-bond acceptors (Lipinski definition) is 3. The zero-order chi connectivity index (χ0) is 14.1. The van der Waals surface area contributed by atoms with Crippen molar-refractivity contribution in [2.45, 2.75) is 58.4 Å². The van der Waals surface area contributed by atoms with Crippen LogP contribution in [0.15, 0.2) is 0 Å². The van der Waals surface area contributed by atoms with Crippen LogP contribution in [0.1, 0.15) is 52.4 Å². The molecule has 1 aliphatic carbocycles. The van der Waals surface area contributed by atoms with Crippen LogP contribution < -0.4 is 5.32 Å². The van der Waals surface area contributed by atoms with Gasteiger partial charge in [-0.1, -0.05) is 13.8 Å². The predicted octanol–water partition coefficient (Wildman–Crippen LogP) is 2.66. The van der Waals surface area contributed by atoms with Gasteiger partial charge in [-0.05, 0) is 57.0 Å². The molecule has 3 fully saturated rings. The highest BCUT2D eigenvalue weighted by atomic mass is 16.5. The van der Waals surface area contributed by atoms with Gasteiger partial charge in [0.1, 0.15) is 0 Å². The van der Waals surface area contributed by atoms with E-state index >= 15 is 0 Å². The Kier molecular flexibility index (Phi) is 4.40. The Hall–Kier alpha value is -0.120. The third-order valence-corrected chi connectivity index (χ3v) is 5.52. The Morgan fingerprint density at radius 3 is 2.50 bits per heavy atom. The molecule has 0 aromatic carbocycles. The number of ether oxygens (including phenoxy) is 1. The summed E-state index contributed by atoms with van der Waals surface area (Å²) >= 11 is 0. The first kappa shape index (κ1) is 14.8. The van der Waals surface area contributed by atoms with E-state index in [9.17, 15) is 0 Å². The molecule has 20 heavy (non-hydrogen) atoms. The average Bonchev–Trinajstić information content (AvgIpc) is 3.25. The Morgan fingerprint density at radius 1 is 1.15 bits per heavy atom. The molecule has 2 saturated heterocycles. The standard InChI is InChI=1S/C17H32N2O/c1-16(2)7-9-19(10-8-16)13-17(6-3-11-20-14-17)12-18-15-4-5-15/h15,18H,3-14H2,1-2H3. The molecule has 1 atom stereocenters. The van der Waals surface area contributed by atoms with Crippen LogP contribution in [0.5, 0.6) is 0 Å². The molecule has 3 rings (SSSR count). The molecule has 0 aromatic rings. The van der Waals surface area contributed by atoms with Crippen molar-refractivity contribution in [2.24, 2.45) is 10.8 Å². The van der Waals surface area contributed by atoms with Crippen molar-refractivity contribution in [2.75, 3.05) is 39.4 Å². The third-order valence-electron chi connectivity index (χ3n) is 5.52. The highest BCUT2D eigenvalue weighted by molar-refractivity contribution is 4.92. The van der Waals surface area contributed by atoms with Gasteiger partial charge >= 0.3 is 0 Å². The number of piperidine rings is 1. The molecule has 0 bridgehead atoms. The highest BCUT2D eigenvalue weighted by Gasteiger charge is 2.37. The molecule has 2 aliphatic heterocycles. The van der Waals surface area contributed by atoms with Crippen LogP contribution in [0.25, 0.3) is 0 Å². The lowest BCUT2D eigenvalue weighted by Gasteiger charge is -2.44. The number of rotatable bonds is 5. The maximum absolute atomic E-state index is 5.85. The van der Waals surface area contributed by atoms with Crippen LogP contribution in [-0.4, -0.2) is 50.3 Å². The molecular formula is C17H32N2O. The second kappa shape index (κ2) is 5.94. The monoisotopic (exact) mass is 280 g/mol. The minimum Gasteiger partial charge on any atom is -0.381 e. The van der Waals surface area contributed by atoms with E-state index < -0.39 is 0 Å². The number of nitrogens with one attached hydrogen (secondary N) is 1. The van der Waals surface area contributed by atoms with Gasteiger partial charge in [0, 0.05) is 31.2 Å². The minimum atomic E-state index is 0.377. The molecule has 116 valence electrons. The zero-order valence-electron chi connectivity index (χ0n) is 13.4. The molecule has 1 unspecified atom stereocenters. The number of likely N-dealkylation sites (tertiary alicyclic amines) is 1. The van der Waals surface area contributed by atoms with Crippen LogP contribution in [0.3, 0.4) is 0 Å². The van der Waals surface area contributed by atoms with Gasteiger partial charge in [-0.25, -0.2) is 0 Å². The first-order chi connectivity index (χ1) is 9.57. The quantitative estimate of drug-likeness (QED) is 0.838. The van der Waals surface area contributed by atoms with Crippen LogP contribution in [0, 0.1) is 10.8 Å². The highest BCUT2D eigenvalue weighted by Crippen LogP contribution is 2.35. The molecule has 0 aromatic heterocycles. The van der Waals surface area contributed by atoms with Crippen LogP contribution >= 0.6 is 0 Å². The SMILES string of the molecule is CC1(C)CCN(CC2(CNC3CC3)CCCOC2)CC1. The minimum absolute atomic E-state index is 0.377. The Bertz CT molecular complexity index is 309. The zero-order valence-corrected chi connectivity index (χ0v) is 13.4. The smallest absolute Gasteiger partial charge is 0.0546 e. The Morgan fingerprint density at radius 2 is 1.90 bits per heavy atom. The van der Waals surface area contributed by atoms with Crippen molar-refractivity contribution in [3.8, 4) is 0 Å². The van der Waals surface area contributed by atoms with Crippen LogP contribution in [0.2, 0.25) is 0 Å². The van der Waals surface area contributed by atoms with Crippen LogP contribution in [-0.2, 0) is 4.74 Å². The van der Waals surface area contributed by atoms with Crippen molar-refractivity contribution in [3.63, 3.8) is 0 Å². The van der Waals surface area contributed by atoms with Crippen molar-refractivity contribution in [1.82, 2.24) is 10.2 Å². The molecule has 3 aliphatic rings. The van der Waals surface area contributed by atoms with E-state index in [2.05, 4.69) is 24.1 Å². The van der Waals surface area contributed by atoms with Crippen molar-refractivity contribution >= 4 is 0 Å². The molecule has 2 heterocycles. The number of hydrogen-bond donors (Lipinski definition) is 1. The summed E-state index contributed by atoms with van der Waals surface area (Å²) in [6.45, 7) is 11.7. The van der Waals surface area contributed by atoms with E-state index in [1.807, 2.05) is 0 Å². The maximum atomic E-state index is 5.85. The topological polar surface area (TPSA) is 24.5 Å². The average molecular weight is 280 g/mol. The summed E-state index contributed by atoms with van der Waals surface area (Å²) in [6.07, 6.45) is 8.04. The predicted molar refractivity (Wildman–Crippen MR) is 83.0 cm³/mol. The van der Waals surface area contributed by atoms with Crippen molar-refractivity contribution in [3.05, 3.63) is 0 Å². The Labute approximate surface area is 124 Å². The summed E-state index contributed by atoms with van der Waals surface area (Å²) in [5.74, 6) is 0. The van der Waals surface area contributed by atoms with E-state index in [1.54, 1.807) is 0 Å². The summed E-state index contributed by atoms with van der Waals surface area (Å²) in [4.78, 5) is 2.70. The van der Waals surface area contributed by atoms with Gasteiger partial charge < -0.3 is 15.0 Å². The summed E-state index contributed by atoms with van der Waals surface area (Å²) in [7, 11) is 0. The lowest BCUT2D eigenvalue weighted by atomic mass is 9.79. The van der Waals surface area contributed by atoms with E-state index in [4.69, 9.17) is 4.74 Å². The lowest BCUT2D eigenvalue weighted by molar-refractivity contribution is -0.0339. The van der Waals surface area contributed by atoms with Crippen LogP contribution in [0.4, 0.5) is 0 Å². The van der Waals surface area contributed by atoms with Crippen molar-refractivity contribution in [1.29, 1.82) is 0 Å². The molecule has 0 radical (unpaired) electrons. The van der Waals surface area contributed by atoms with Gasteiger partial charge in [-0.15, -0.1) is 0 Å². The molecule has 0 amide bonds. The van der Waals surface area contributed by atoms with Gasteiger partial charge in [0.05, 0.1) is 6.61 Å². The fourth-order valence-electron chi connectivity index (χ4n) is 3.67. The fourth-order valence-corrected chi connectivity index (χ4v) is 3.67. The van der Waals surface area contributed by atoms with Gasteiger partial charge in [0.2, 0.25) is 0 Å². The van der Waals surface area contributed by atoms with Crippen molar-refractivity contribution < 1.29 is 4.74 Å². The van der Waals surface area contributed by atoms with E-state index in [1.165, 1.54) is 58.2 Å². The number of nitrogens with zero attached hydrogens (tertiary/aromatic N) is 1. The van der Waals surface area contributed by atoms with E-state index in [0.717, 1.165) is 25.8 Å². The fraction of sp³-hybridized carbons (Fsp3) is 1.00. The third kappa shape index (κ3) is 3.96. The first-order valence-corrected chi connectivity index (χ1v) is 8.61. The van der Waals surface area contributed by atoms with Gasteiger partial charge in [-0.2, -0.15) is 0 Å². The summed E-state index contributed by atoms with van der Waals surface area (Å²) in [6, 6.07) is 0.814. The van der Waals surface area contributed by atoms with Gasteiger partial charge in [0.15, 0.2) is 0 Å². The second-order valence-corrected chi connectivity index (χ2v) is 8.25. The second-order valence-electron chi connectivity index (χ2n) is 8.25. The van der Waals surface area contributed by atoms with Gasteiger partial charge in [-0.3, -0.25) is 0 Å². The normalized spacial score (nSPS) is 35.1. The first-order valence-electron chi connectivity index (χ1n) is 8.61. The molecule has 1 saturated carbocycles. The molecule has 1 N–H and O–H groups in total. The summed E-state index contributed by atoms with van der Waals surface area (Å²) < 4.78 is 5.85. The van der Waals surface area contributed by atoms with Gasteiger partial charge in [0.25, 0.3) is 0 Å².